The SMILES string of the molecule is Cc1cc(-c2nnc(N[C@H]3C[C@@H](O)C3)o2)nc2c(C(C)(C)C)cc(OCC(C)(C)O)cc12. The quantitative estimate of drug-likeness (QED) is 0.528. The Labute approximate surface area is 188 Å². The maximum absolute atomic E-state index is 10.0. The number of aromatic nitrogens is 3. The van der Waals surface area contributed by atoms with Gasteiger partial charge in [0.2, 0.25) is 0 Å². The molecule has 0 atom stereocenters. The van der Waals surface area contributed by atoms with Gasteiger partial charge in [-0.15, -0.1) is 5.10 Å². The summed E-state index contributed by atoms with van der Waals surface area (Å²) in [4.78, 5) is 4.89. The van der Waals surface area contributed by atoms with Crippen molar-refractivity contribution in [3.05, 3.63) is 29.3 Å². The molecule has 2 heterocycles. The van der Waals surface area contributed by atoms with Gasteiger partial charge in [-0.25, -0.2) is 4.98 Å². The van der Waals surface area contributed by atoms with Crippen molar-refractivity contribution >= 4 is 16.9 Å². The Morgan fingerprint density at radius 3 is 2.47 bits per heavy atom. The van der Waals surface area contributed by atoms with Gasteiger partial charge in [-0.1, -0.05) is 25.9 Å². The first-order chi connectivity index (χ1) is 14.9. The number of rotatable bonds is 6. The molecule has 1 aromatic carbocycles. The third-order valence-corrected chi connectivity index (χ3v) is 5.58. The fourth-order valence-corrected chi connectivity index (χ4v) is 3.75. The summed E-state index contributed by atoms with van der Waals surface area (Å²) in [6, 6.07) is 6.37. The summed E-state index contributed by atoms with van der Waals surface area (Å²) in [5.74, 6) is 1.05. The molecule has 1 aliphatic rings. The van der Waals surface area contributed by atoms with Crippen molar-refractivity contribution in [2.24, 2.45) is 0 Å². The van der Waals surface area contributed by atoms with E-state index in [4.69, 9.17) is 14.1 Å². The molecule has 8 nitrogen and oxygen atoms in total. The number of hydrogen-bond donors (Lipinski definition) is 3. The number of nitrogens with one attached hydrogen (secondary N) is 1. The first-order valence-electron chi connectivity index (χ1n) is 11.0. The zero-order valence-corrected chi connectivity index (χ0v) is 19.6. The highest BCUT2D eigenvalue weighted by Crippen LogP contribution is 2.36. The number of fused-ring (bicyclic) bond motifs is 1. The predicted molar refractivity (Wildman–Crippen MR) is 123 cm³/mol. The van der Waals surface area contributed by atoms with Crippen LogP contribution in [0.1, 0.15) is 58.6 Å². The molecule has 8 heteroatoms. The van der Waals surface area contributed by atoms with Crippen LogP contribution >= 0.6 is 0 Å². The van der Waals surface area contributed by atoms with Crippen molar-refractivity contribution in [3.8, 4) is 17.3 Å². The van der Waals surface area contributed by atoms with Crippen molar-refractivity contribution in [1.82, 2.24) is 15.2 Å². The van der Waals surface area contributed by atoms with Crippen molar-refractivity contribution in [2.45, 2.75) is 77.5 Å². The van der Waals surface area contributed by atoms with Gasteiger partial charge in [0, 0.05) is 11.4 Å². The van der Waals surface area contributed by atoms with Gasteiger partial charge in [0.1, 0.15) is 18.1 Å². The number of aryl methyl sites for hydroxylation is 1. The first kappa shape index (κ1) is 22.5. The molecule has 0 spiro atoms. The molecule has 172 valence electrons. The van der Waals surface area contributed by atoms with Crippen LogP contribution in [0, 0.1) is 6.92 Å². The largest absolute Gasteiger partial charge is 0.491 e. The van der Waals surface area contributed by atoms with Gasteiger partial charge in [-0.2, -0.15) is 0 Å². The Hall–Kier alpha value is -2.71. The topological polar surface area (TPSA) is 114 Å². The summed E-state index contributed by atoms with van der Waals surface area (Å²) in [6.45, 7) is 12.1. The number of aliphatic hydroxyl groups is 2. The van der Waals surface area contributed by atoms with E-state index in [0.29, 0.717) is 36.2 Å². The van der Waals surface area contributed by atoms with Gasteiger partial charge >= 0.3 is 6.01 Å². The Bertz CT molecular complexity index is 1120. The second-order valence-electron chi connectivity index (χ2n) is 10.4. The Morgan fingerprint density at radius 2 is 1.84 bits per heavy atom. The van der Waals surface area contributed by atoms with Crippen LogP contribution < -0.4 is 10.1 Å². The predicted octanol–water partition coefficient (Wildman–Crippen LogP) is 3.98. The summed E-state index contributed by atoms with van der Waals surface area (Å²) in [5, 5.41) is 31.9. The van der Waals surface area contributed by atoms with E-state index in [1.807, 2.05) is 25.1 Å². The zero-order chi connectivity index (χ0) is 23.3. The molecule has 0 radical (unpaired) electrons. The maximum atomic E-state index is 10.0. The van der Waals surface area contributed by atoms with Crippen LogP contribution in [0.4, 0.5) is 6.01 Å². The van der Waals surface area contributed by atoms with Crippen LogP contribution in [0.5, 0.6) is 5.75 Å². The number of benzene rings is 1. The van der Waals surface area contributed by atoms with E-state index in [-0.39, 0.29) is 24.2 Å². The maximum Gasteiger partial charge on any atom is 0.316 e. The fraction of sp³-hybridized carbons (Fsp3) is 0.542. The minimum Gasteiger partial charge on any atom is -0.491 e. The smallest absolute Gasteiger partial charge is 0.316 e. The molecule has 0 amide bonds. The van der Waals surface area contributed by atoms with Gasteiger partial charge in [0.25, 0.3) is 5.89 Å². The van der Waals surface area contributed by atoms with Gasteiger partial charge in [0.05, 0.1) is 17.2 Å². The molecule has 2 aromatic heterocycles. The summed E-state index contributed by atoms with van der Waals surface area (Å²) in [6.07, 6.45) is 1.10. The molecule has 1 aliphatic carbocycles. The molecule has 1 fully saturated rings. The van der Waals surface area contributed by atoms with Gasteiger partial charge < -0.3 is 24.7 Å². The highest BCUT2D eigenvalue weighted by Gasteiger charge is 2.29. The first-order valence-corrected chi connectivity index (χ1v) is 11.0. The summed E-state index contributed by atoms with van der Waals surface area (Å²) < 4.78 is 11.7. The Kier molecular flexibility index (Phi) is 5.63. The van der Waals surface area contributed by atoms with E-state index >= 15 is 0 Å². The lowest BCUT2D eigenvalue weighted by atomic mass is 9.84. The van der Waals surface area contributed by atoms with Gasteiger partial charge in [-0.05, 0) is 68.4 Å². The third-order valence-electron chi connectivity index (χ3n) is 5.58. The highest BCUT2D eigenvalue weighted by molar-refractivity contribution is 5.89. The van der Waals surface area contributed by atoms with Crippen molar-refractivity contribution in [3.63, 3.8) is 0 Å². The lowest BCUT2D eigenvalue weighted by Crippen LogP contribution is -2.39. The molecule has 3 N–H and O–H groups in total. The molecule has 0 saturated heterocycles. The minimum atomic E-state index is -0.921. The lowest BCUT2D eigenvalue weighted by Gasteiger charge is -2.30. The zero-order valence-electron chi connectivity index (χ0n) is 19.6. The number of pyridine rings is 1. The van der Waals surface area contributed by atoms with Crippen molar-refractivity contribution in [2.75, 3.05) is 11.9 Å². The molecule has 4 rings (SSSR count). The normalized spacial score (nSPS) is 19.1. The monoisotopic (exact) mass is 440 g/mol. The molecule has 3 aromatic rings. The molecule has 1 saturated carbocycles. The molecular weight excluding hydrogens is 408 g/mol. The Morgan fingerprint density at radius 1 is 1.12 bits per heavy atom. The average molecular weight is 441 g/mol. The Balaban J connectivity index is 1.71. The third kappa shape index (κ3) is 4.86. The lowest BCUT2D eigenvalue weighted by molar-refractivity contribution is 0.0285. The number of aliphatic hydroxyl groups excluding tert-OH is 1. The summed E-state index contributed by atoms with van der Waals surface area (Å²) in [5.41, 5.74) is 2.41. The van der Waals surface area contributed by atoms with Gasteiger partial charge in [-0.3, -0.25) is 0 Å². The van der Waals surface area contributed by atoms with Crippen LogP contribution in [0.25, 0.3) is 22.5 Å². The van der Waals surface area contributed by atoms with E-state index in [9.17, 15) is 10.2 Å². The van der Waals surface area contributed by atoms with E-state index < -0.39 is 5.60 Å². The molecule has 0 unspecified atom stereocenters. The van der Waals surface area contributed by atoms with Crippen LogP contribution in [-0.2, 0) is 5.41 Å². The molecule has 0 bridgehead atoms. The van der Waals surface area contributed by atoms with Crippen molar-refractivity contribution < 1.29 is 19.4 Å². The van der Waals surface area contributed by atoms with Crippen molar-refractivity contribution in [1.29, 1.82) is 0 Å². The summed E-state index contributed by atoms with van der Waals surface area (Å²) >= 11 is 0. The highest BCUT2D eigenvalue weighted by atomic mass is 16.5. The molecule has 0 aliphatic heterocycles. The number of nitrogens with zero attached hydrogens (tertiary/aromatic N) is 3. The fourth-order valence-electron chi connectivity index (χ4n) is 3.75. The average Bonchev–Trinajstić information content (AvgIpc) is 3.12. The van der Waals surface area contributed by atoms with E-state index in [1.54, 1.807) is 13.8 Å². The number of hydrogen-bond acceptors (Lipinski definition) is 8. The standard InChI is InChI=1S/C24H32N4O4/c1-13-7-19(21-27-28-22(32-21)25-14-8-15(29)9-14)26-20-17(13)10-16(31-12-24(5,6)30)11-18(20)23(2,3)4/h7,10-11,14-15,29-30H,8-9,12H2,1-6H3,(H,25,28)/t14-,15+. The number of ether oxygens (including phenoxy) is 1. The van der Waals surface area contributed by atoms with Crippen LogP contribution in [0.2, 0.25) is 0 Å². The summed E-state index contributed by atoms with van der Waals surface area (Å²) in [7, 11) is 0. The molecular formula is C24H32N4O4. The van der Waals surface area contributed by atoms with Crippen LogP contribution in [0.3, 0.4) is 0 Å². The van der Waals surface area contributed by atoms with Crippen LogP contribution in [-0.4, -0.2) is 49.7 Å². The molecule has 32 heavy (non-hydrogen) atoms. The number of anilines is 1. The van der Waals surface area contributed by atoms with E-state index in [1.165, 1.54) is 0 Å². The second-order valence-corrected chi connectivity index (χ2v) is 10.4. The van der Waals surface area contributed by atoms with E-state index in [2.05, 4.69) is 36.3 Å². The van der Waals surface area contributed by atoms with E-state index in [0.717, 1.165) is 22.0 Å². The van der Waals surface area contributed by atoms with Crippen LogP contribution in [0.15, 0.2) is 22.6 Å². The minimum absolute atomic E-state index is 0.152. The van der Waals surface area contributed by atoms with Gasteiger partial charge in [0.15, 0.2) is 0 Å². The second kappa shape index (κ2) is 8.01.